The lowest BCUT2D eigenvalue weighted by atomic mass is 9.98. The van der Waals surface area contributed by atoms with Crippen molar-refractivity contribution >= 4 is 39.8 Å². The fourth-order valence-corrected chi connectivity index (χ4v) is 4.82. The minimum atomic E-state index is -0.891. The highest BCUT2D eigenvalue weighted by atomic mass is 32.2. The van der Waals surface area contributed by atoms with E-state index in [1.165, 1.54) is 0 Å². The summed E-state index contributed by atoms with van der Waals surface area (Å²) >= 11 is 3.33. The summed E-state index contributed by atoms with van der Waals surface area (Å²) in [7, 11) is 0. The number of ether oxygens (including phenoxy) is 1. The van der Waals surface area contributed by atoms with E-state index in [9.17, 15) is 14.9 Å². The summed E-state index contributed by atoms with van der Waals surface area (Å²) in [6.07, 6.45) is 1.86. The molecular weight excluding hydrogens is 382 g/mol. The number of amides is 1. The van der Waals surface area contributed by atoms with Crippen LogP contribution in [-0.2, 0) is 15.3 Å². The maximum atomic E-state index is 12.4. The number of aliphatic imine (C=N–C) groups is 1. The van der Waals surface area contributed by atoms with Gasteiger partial charge in [0, 0.05) is 11.5 Å². The predicted molar refractivity (Wildman–Crippen MR) is 108 cm³/mol. The molecule has 0 bridgehead atoms. The van der Waals surface area contributed by atoms with Crippen molar-refractivity contribution in [1.29, 1.82) is 5.26 Å². The van der Waals surface area contributed by atoms with E-state index in [0.29, 0.717) is 11.3 Å². The first kappa shape index (κ1) is 19.8. The number of rotatable bonds is 7. The first-order chi connectivity index (χ1) is 13.0. The normalized spacial score (nSPS) is 18.1. The van der Waals surface area contributed by atoms with Crippen molar-refractivity contribution in [1.82, 2.24) is 5.32 Å². The molecule has 142 valence electrons. The molecule has 1 atom stereocenters. The van der Waals surface area contributed by atoms with Crippen LogP contribution >= 0.6 is 23.5 Å². The van der Waals surface area contributed by atoms with E-state index in [1.54, 1.807) is 42.6 Å². The third kappa shape index (κ3) is 5.27. The maximum Gasteiger partial charge on any atom is 0.338 e. The van der Waals surface area contributed by atoms with E-state index in [2.05, 4.69) is 16.4 Å². The zero-order chi connectivity index (χ0) is 19.3. The predicted octanol–water partition coefficient (Wildman–Crippen LogP) is 2.99. The van der Waals surface area contributed by atoms with Crippen molar-refractivity contribution in [2.45, 2.75) is 31.1 Å². The van der Waals surface area contributed by atoms with Gasteiger partial charge in [-0.2, -0.15) is 5.26 Å². The lowest BCUT2D eigenvalue weighted by molar-refractivity contribution is -0.125. The highest BCUT2D eigenvalue weighted by molar-refractivity contribution is 8.38. The van der Waals surface area contributed by atoms with Crippen molar-refractivity contribution in [3.8, 4) is 6.07 Å². The Kier molecular flexibility index (Phi) is 6.45. The molecule has 6 nitrogen and oxygen atoms in total. The Hall–Kier alpha value is -1.98. The smallest absolute Gasteiger partial charge is 0.338 e. The number of carbonyl (C=O) groups is 2. The van der Waals surface area contributed by atoms with Gasteiger partial charge in [0.2, 0.25) is 0 Å². The molecular formula is C19H21N3O3S2. The molecule has 1 N–H and O–H groups in total. The Labute approximate surface area is 167 Å². The van der Waals surface area contributed by atoms with Crippen LogP contribution in [0.15, 0.2) is 29.3 Å². The molecule has 8 heteroatoms. The number of nitriles is 1. The molecule has 0 saturated heterocycles. The lowest BCUT2D eigenvalue weighted by Gasteiger charge is -2.22. The fraction of sp³-hybridized carbons (Fsp3) is 0.474. The fourth-order valence-electron chi connectivity index (χ4n) is 2.80. The second-order valence-corrected chi connectivity index (χ2v) is 8.96. The summed E-state index contributed by atoms with van der Waals surface area (Å²) in [6.45, 7) is 2.15. The van der Waals surface area contributed by atoms with Gasteiger partial charge in [-0.1, -0.05) is 41.7 Å². The van der Waals surface area contributed by atoms with Crippen LogP contribution in [0.3, 0.4) is 0 Å². The number of benzene rings is 1. The summed E-state index contributed by atoms with van der Waals surface area (Å²) in [5.41, 5.74) is 0.409. The number of nitrogens with zero attached hydrogens (tertiary/aromatic N) is 2. The first-order valence-electron chi connectivity index (χ1n) is 8.79. The Bertz CT molecular complexity index is 802. The SMILES string of the molecule is C[C@@](C#N)(NC(=O)COC(=O)c1ccccc1CSC1=NCCS1)C1CC1. The number of carbonyl (C=O) groups excluding carboxylic acids is 2. The van der Waals surface area contributed by atoms with Crippen LogP contribution in [0.2, 0.25) is 0 Å². The highest BCUT2D eigenvalue weighted by Crippen LogP contribution is 2.39. The van der Waals surface area contributed by atoms with E-state index in [4.69, 9.17) is 4.74 Å². The molecule has 27 heavy (non-hydrogen) atoms. The molecule has 2 aliphatic rings. The lowest BCUT2D eigenvalue weighted by Crippen LogP contribution is -2.48. The Morgan fingerprint density at radius 1 is 1.44 bits per heavy atom. The Morgan fingerprint density at radius 3 is 2.89 bits per heavy atom. The number of nitrogens with one attached hydrogen (secondary N) is 1. The number of hydrogen-bond acceptors (Lipinski definition) is 7. The monoisotopic (exact) mass is 403 g/mol. The minimum Gasteiger partial charge on any atom is -0.452 e. The van der Waals surface area contributed by atoms with Crippen LogP contribution in [0.1, 0.15) is 35.7 Å². The third-order valence-corrected chi connectivity index (χ3v) is 6.81. The summed E-state index contributed by atoms with van der Waals surface area (Å²) in [6, 6.07) is 9.37. The van der Waals surface area contributed by atoms with Crippen LogP contribution in [0.5, 0.6) is 0 Å². The highest BCUT2D eigenvalue weighted by Gasteiger charge is 2.43. The Balaban J connectivity index is 1.54. The molecule has 3 rings (SSSR count). The number of hydrogen-bond donors (Lipinski definition) is 1. The first-order valence-corrected chi connectivity index (χ1v) is 10.8. The van der Waals surface area contributed by atoms with Gasteiger partial charge in [0.1, 0.15) is 9.91 Å². The van der Waals surface area contributed by atoms with Gasteiger partial charge >= 0.3 is 5.97 Å². The summed E-state index contributed by atoms with van der Waals surface area (Å²) < 4.78 is 6.22. The molecule has 0 aromatic heterocycles. The minimum absolute atomic E-state index is 0.177. The standard InChI is InChI=1S/C19H21N3O3S2/c1-19(12-20,14-6-7-14)22-16(23)10-25-17(24)15-5-3-2-4-13(15)11-27-18-21-8-9-26-18/h2-5,14H,6-11H2,1H3,(H,22,23)/t19-/m0/s1. The van der Waals surface area contributed by atoms with Crippen molar-refractivity contribution in [3.05, 3.63) is 35.4 Å². The second kappa shape index (κ2) is 8.81. The Morgan fingerprint density at radius 2 is 2.22 bits per heavy atom. The van der Waals surface area contributed by atoms with Crippen molar-refractivity contribution in [2.24, 2.45) is 10.9 Å². The van der Waals surface area contributed by atoms with Crippen molar-refractivity contribution in [3.63, 3.8) is 0 Å². The molecule has 1 saturated carbocycles. The van der Waals surface area contributed by atoms with E-state index in [1.807, 2.05) is 12.1 Å². The molecule has 0 radical (unpaired) electrons. The molecule has 1 aliphatic carbocycles. The van der Waals surface area contributed by atoms with Gasteiger partial charge in [-0.3, -0.25) is 9.79 Å². The molecule has 1 aromatic carbocycles. The average molecular weight is 404 g/mol. The van der Waals surface area contributed by atoms with Gasteiger partial charge < -0.3 is 10.1 Å². The van der Waals surface area contributed by atoms with Crippen LogP contribution < -0.4 is 5.32 Å². The van der Waals surface area contributed by atoms with Gasteiger partial charge in [0.25, 0.3) is 5.91 Å². The van der Waals surface area contributed by atoms with Crippen LogP contribution in [0.25, 0.3) is 0 Å². The molecule has 1 amide bonds. The van der Waals surface area contributed by atoms with Crippen LogP contribution in [0, 0.1) is 17.2 Å². The summed E-state index contributed by atoms with van der Waals surface area (Å²) in [4.78, 5) is 28.9. The van der Waals surface area contributed by atoms with E-state index >= 15 is 0 Å². The topological polar surface area (TPSA) is 91.5 Å². The summed E-state index contributed by atoms with van der Waals surface area (Å²) in [5, 5.41) is 12.0. The van der Waals surface area contributed by atoms with Crippen LogP contribution in [0.4, 0.5) is 0 Å². The molecule has 1 fully saturated rings. The maximum absolute atomic E-state index is 12.4. The van der Waals surface area contributed by atoms with Gasteiger partial charge in [-0.25, -0.2) is 4.79 Å². The van der Waals surface area contributed by atoms with E-state index in [0.717, 1.165) is 35.1 Å². The summed E-state index contributed by atoms with van der Waals surface area (Å²) in [5.74, 6) is 0.813. The zero-order valence-electron chi connectivity index (χ0n) is 15.1. The van der Waals surface area contributed by atoms with Gasteiger partial charge in [0.15, 0.2) is 6.61 Å². The van der Waals surface area contributed by atoms with Gasteiger partial charge in [0.05, 0.1) is 18.2 Å². The number of esters is 1. The van der Waals surface area contributed by atoms with E-state index < -0.39 is 24.0 Å². The molecule has 1 aromatic rings. The molecule has 0 unspecified atom stereocenters. The molecule has 1 heterocycles. The number of thioether (sulfide) groups is 2. The quantitative estimate of drug-likeness (QED) is 0.704. The average Bonchev–Trinajstić information content (AvgIpc) is 3.42. The van der Waals surface area contributed by atoms with E-state index in [-0.39, 0.29) is 5.92 Å². The molecule has 1 aliphatic heterocycles. The largest absolute Gasteiger partial charge is 0.452 e. The van der Waals surface area contributed by atoms with Crippen LogP contribution in [-0.4, -0.2) is 40.7 Å². The third-order valence-electron chi connectivity index (χ3n) is 4.51. The van der Waals surface area contributed by atoms with Crippen molar-refractivity contribution < 1.29 is 14.3 Å². The van der Waals surface area contributed by atoms with Gasteiger partial charge in [-0.05, 0) is 37.3 Å². The second-order valence-electron chi connectivity index (χ2n) is 6.65. The zero-order valence-corrected chi connectivity index (χ0v) is 16.7. The van der Waals surface area contributed by atoms with Gasteiger partial charge in [-0.15, -0.1) is 0 Å². The van der Waals surface area contributed by atoms with Crippen molar-refractivity contribution in [2.75, 3.05) is 18.9 Å². The molecule has 0 spiro atoms.